The van der Waals surface area contributed by atoms with Gasteiger partial charge in [-0.2, -0.15) is 0 Å². The Morgan fingerprint density at radius 3 is 0.214 bits per heavy atom. The summed E-state index contributed by atoms with van der Waals surface area (Å²) in [7, 11) is 0. The Morgan fingerprint density at radius 1 is 0.214 bits per heavy atom. The number of hydrogen-bond donors (Lipinski definition) is 0. The first-order valence-electron chi connectivity index (χ1n) is 2.83. The van der Waals surface area contributed by atoms with Crippen LogP contribution >= 0.6 is 0 Å². The van der Waals surface area contributed by atoms with Crippen LogP contribution in [0.15, 0.2) is 0 Å². The molecule has 0 bridgehead atoms. The summed E-state index contributed by atoms with van der Waals surface area (Å²) >= 11 is 0. The van der Waals surface area contributed by atoms with E-state index in [9.17, 15) is 0 Å². The van der Waals surface area contributed by atoms with Crippen LogP contribution in [-0.4, -0.2) is 81.5 Å². The molecule has 0 spiro atoms. The van der Waals surface area contributed by atoms with Crippen LogP contribution in [0.4, 0.5) is 0 Å². The second kappa shape index (κ2) is 3260. The SMILES string of the molecule is [CH-]=O.[CH-]=O.[CH-]=O.[CH-]=O.[CH-]=O.[CH-]=O.[CH-]=O.[CH-]=O.[CH-]=O.[CH-]=O.[CH-]=O.[CH-]=O.[CH3-].[Ru+4].[Ru+4].[Ru+5]. The monoisotopic (exact) mass is 669 g/mol. The molecule has 0 aliphatic carbocycles. The van der Waals surface area contributed by atoms with Gasteiger partial charge in [-0.1, -0.05) is 0 Å². The molecule has 0 aromatic carbocycles. The van der Waals surface area contributed by atoms with E-state index in [0.717, 1.165) is 0 Å². The van der Waals surface area contributed by atoms with Crippen LogP contribution in [0.2, 0.25) is 0 Å². The standard InChI is InChI=1S/12CHO.CH3.3Ru/c12*1-2;;;;/h12*1H;1H3;;;/q13*-1;2*+4;+5. The molecule has 0 aliphatic rings. The Balaban J connectivity index is -0.00000000396. The smallest absolute Gasteiger partial charge is 0.545 e. The van der Waals surface area contributed by atoms with E-state index in [0.29, 0.717) is 0 Å². The fraction of sp³-hybridized carbons (Fsp3) is 0. The van der Waals surface area contributed by atoms with Crippen molar-refractivity contribution in [2.45, 2.75) is 0 Å². The molecule has 0 aromatic rings. The van der Waals surface area contributed by atoms with Gasteiger partial charge in [-0.25, -0.2) is 0 Å². The molecule has 1 radical (unpaired) electrons. The quantitative estimate of drug-likeness (QED) is 0.146. The van der Waals surface area contributed by atoms with E-state index in [1.54, 1.807) is 0 Å². The van der Waals surface area contributed by atoms with E-state index in [-0.39, 0.29) is 65.9 Å². The molecule has 28 heavy (non-hydrogen) atoms. The summed E-state index contributed by atoms with van der Waals surface area (Å²) in [5.41, 5.74) is 0. The summed E-state index contributed by atoms with van der Waals surface area (Å²) in [4.78, 5) is 93.0. The molecular weight excluding hydrogens is 651 g/mol. The van der Waals surface area contributed by atoms with Crippen molar-refractivity contribution in [2.24, 2.45) is 0 Å². The minimum atomic E-state index is 0. The van der Waals surface area contributed by atoms with Crippen molar-refractivity contribution in [2.75, 3.05) is 0 Å². The fourth-order valence-electron chi connectivity index (χ4n) is 0. The second-order valence-corrected chi connectivity index (χ2v) is 0. The summed E-state index contributed by atoms with van der Waals surface area (Å²) < 4.78 is 0. The Bertz CT molecular complexity index is 81.7. The minimum absolute atomic E-state index is 0. The molecule has 15 heteroatoms. The van der Waals surface area contributed by atoms with E-state index in [1.807, 2.05) is 0 Å². The van der Waals surface area contributed by atoms with Crippen LogP contribution < -0.4 is 0 Å². The van der Waals surface area contributed by atoms with Gasteiger partial charge in [-0.15, -0.1) is 0 Å². The molecule has 0 unspecified atom stereocenters. The molecule has 0 aliphatic heterocycles. The van der Waals surface area contributed by atoms with Gasteiger partial charge >= 0.3 is 58.4 Å². The normalized spacial score (nSPS) is 1.71. The van der Waals surface area contributed by atoms with Crippen LogP contribution in [0.25, 0.3) is 0 Å². The number of carbonyl (C=O) groups excluding carboxylic acids is 12. The molecular formula is C13H15O12Ru3. The van der Waals surface area contributed by atoms with Crippen molar-refractivity contribution in [3.8, 4) is 0 Å². The molecule has 0 aromatic heterocycles. The van der Waals surface area contributed by atoms with E-state index in [4.69, 9.17) is 57.5 Å². The van der Waals surface area contributed by atoms with E-state index in [1.165, 1.54) is 0 Å². The van der Waals surface area contributed by atoms with Gasteiger partial charge in [0.25, 0.3) is 0 Å². The Hall–Kier alpha value is -2.09. The maximum atomic E-state index is 7.75. The first kappa shape index (κ1) is 164. The Labute approximate surface area is 204 Å². The van der Waals surface area contributed by atoms with Crippen LogP contribution in [-0.2, 0) is 116 Å². The maximum absolute atomic E-state index is 7.75. The summed E-state index contributed by atoms with van der Waals surface area (Å²) in [6.45, 7) is 39.0. The van der Waals surface area contributed by atoms with Crippen LogP contribution in [0.5, 0.6) is 0 Å². The maximum Gasteiger partial charge on any atom is 5.00 e. The molecule has 12 nitrogen and oxygen atoms in total. The Morgan fingerprint density at radius 2 is 0.214 bits per heavy atom. The summed E-state index contributed by atoms with van der Waals surface area (Å²) in [6.07, 6.45) is 0. The molecule has 0 fully saturated rings. The molecule has 0 heterocycles. The van der Waals surface area contributed by atoms with Crippen molar-refractivity contribution < 1.29 is 116 Å². The van der Waals surface area contributed by atoms with Crippen molar-refractivity contribution >= 4 is 81.5 Å². The minimum Gasteiger partial charge on any atom is -0.545 e. The largest absolute Gasteiger partial charge is 5.00 e. The first-order valence-corrected chi connectivity index (χ1v) is 2.83. The molecule has 0 saturated heterocycles. The van der Waals surface area contributed by atoms with Gasteiger partial charge in [0, 0.05) is 0 Å². The van der Waals surface area contributed by atoms with Gasteiger partial charge < -0.3 is 65.0 Å². The second-order valence-electron chi connectivity index (χ2n) is 0. The summed E-state index contributed by atoms with van der Waals surface area (Å²) in [5.74, 6) is 0. The van der Waals surface area contributed by atoms with Gasteiger partial charge in [0.1, 0.15) is 0 Å². The van der Waals surface area contributed by atoms with Gasteiger partial charge in [-0.3, -0.25) is 81.5 Å². The average molecular weight is 666 g/mol. The van der Waals surface area contributed by atoms with Crippen LogP contribution in [0.1, 0.15) is 0 Å². The average Bonchev–Trinajstić information content (AvgIpc) is 2.84. The number of rotatable bonds is 0. The van der Waals surface area contributed by atoms with E-state index < -0.39 is 0 Å². The van der Waals surface area contributed by atoms with E-state index >= 15 is 0 Å². The summed E-state index contributed by atoms with van der Waals surface area (Å²) in [6, 6.07) is 0. The van der Waals surface area contributed by atoms with Crippen molar-refractivity contribution in [3.63, 3.8) is 0 Å². The third-order valence-electron chi connectivity index (χ3n) is 0. The molecule has 0 rings (SSSR count). The molecule has 0 N–H and O–H groups in total. The van der Waals surface area contributed by atoms with E-state index in [2.05, 4.69) is 81.5 Å². The fourth-order valence-corrected chi connectivity index (χ4v) is 0. The van der Waals surface area contributed by atoms with Gasteiger partial charge in [0.15, 0.2) is 0 Å². The molecule has 0 amide bonds. The van der Waals surface area contributed by atoms with Gasteiger partial charge in [-0.05, 0) is 0 Å². The predicted octanol–water partition coefficient (Wildman–Crippen LogP) is -2.85. The van der Waals surface area contributed by atoms with Crippen molar-refractivity contribution in [1.29, 1.82) is 0 Å². The van der Waals surface area contributed by atoms with Gasteiger partial charge in [0.2, 0.25) is 0 Å². The van der Waals surface area contributed by atoms with Crippen LogP contribution in [0.3, 0.4) is 0 Å². The van der Waals surface area contributed by atoms with Crippen LogP contribution in [0, 0.1) is 7.43 Å². The van der Waals surface area contributed by atoms with Crippen molar-refractivity contribution in [1.82, 2.24) is 0 Å². The first-order chi connectivity index (χ1) is 12.0. The van der Waals surface area contributed by atoms with Crippen molar-refractivity contribution in [3.05, 3.63) is 7.43 Å². The predicted molar refractivity (Wildman–Crippen MR) is 87.4 cm³/mol. The molecule has 163 valence electrons. The zero-order chi connectivity index (χ0) is 24.0. The van der Waals surface area contributed by atoms with Gasteiger partial charge in [0.05, 0.1) is 0 Å². The topological polar surface area (TPSA) is 205 Å². The molecule has 0 saturated carbocycles. The third kappa shape index (κ3) is 2870. The third-order valence-corrected chi connectivity index (χ3v) is 0. The zero-order valence-corrected chi connectivity index (χ0v) is 19.1. The Kier molecular flexibility index (Phi) is 19100. The zero-order valence-electron chi connectivity index (χ0n) is 13.9. The summed E-state index contributed by atoms with van der Waals surface area (Å²) in [5, 5.41) is 0. The molecule has 0 atom stereocenters. The number of hydrogen-bond acceptors (Lipinski definition) is 12.